The highest BCUT2D eigenvalue weighted by Crippen LogP contribution is 2.30. The third-order valence-electron chi connectivity index (χ3n) is 9.73. The second-order valence-corrected chi connectivity index (χ2v) is 14.9. The topological polar surface area (TPSA) is 217 Å². The van der Waals surface area contributed by atoms with Crippen molar-refractivity contribution in [1.82, 2.24) is 10.2 Å². The van der Waals surface area contributed by atoms with E-state index in [-0.39, 0.29) is 63.0 Å². The number of carboxylic acids is 1. The third-order valence-corrected chi connectivity index (χ3v) is 9.73. The third kappa shape index (κ3) is 14.8. The fraction of sp³-hybridized carbons (Fsp3) is 0.784. The van der Waals surface area contributed by atoms with Gasteiger partial charge in [-0.05, 0) is 30.6 Å². The van der Waals surface area contributed by atoms with Gasteiger partial charge in [0.05, 0.1) is 31.1 Å². The molecule has 2 aliphatic rings. The number of hydrogen-bond donors (Lipinski definition) is 3. The number of primary amides is 1. The molecule has 14 nitrogen and oxygen atoms in total. The van der Waals surface area contributed by atoms with Crippen molar-refractivity contribution in [1.29, 1.82) is 0 Å². The minimum Gasteiger partial charge on any atom is -0.480 e. The van der Waals surface area contributed by atoms with E-state index in [2.05, 4.69) is 5.32 Å². The van der Waals surface area contributed by atoms with Crippen LogP contribution < -0.4 is 11.1 Å². The molecule has 3 unspecified atom stereocenters. The lowest BCUT2D eigenvalue weighted by Crippen LogP contribution is -2.46. The zero-order valence-corrected chi connectivity index (χ0v) is 31.0. The number of carbonyl (C=O) groups is 8. The molecule has 1 aliphatic heterocycles. The number of carbonyl (C=O) groups excluding carboxylic acids is 7. The molecule has 0 aromatic rings. The van der Waals surface area contributed by atoms with E-state index in [1.54, 1.807) is 20.8 Å². The number of ketones is 3. The highest BCUT2D eigenvalue weighted by Gasteiger charge is 2.44. The predicted octanol–water partition coefficient (Wildman–Crippen LogP) is 3.15. The van der Waals surface area contributed by atoms with E-state index in [9.17, 15) is 38.4 Å². The number of rotatable bonds is 23. The molecular formula is C37H59N3O11. The first-order valence-electron chi connectivity index (χ1n) is 18.5. The van der Waals surface area contributed by atoms with Crippen molar-refractivity contribution < 1.29 is 52.9 Å². The molecule has 1 saturated carbocycles. The average Bonchev–Trinajstić information content (AvgIpc) is 3.51. The van der Waals surface area contributed by atoms with Crippen LogP contribution in [-0.4, -0.2) is 95.0 Å². The number of nitrogens with zero attached hydrogens (tertiary/aromatic N) is 1. The van der Waals surface area contributed by atoms with Gasteiger partial charge in [0, 0.05) is 38.1 Å². The molecule has 0 radical (unpaired) electrons. The predicted molar refractivity (Wildman–Crippen MR) is 186 cm³/mol. The van der Waals surface area contributed by atoms with E-state index < -0.39 is 90.1 Å². The fourth-order valence-electron chi connectivity index (χ4n) is 6.88. The molecule has 0 aromatic heterocycles. The number of esters is 1. The van der Waals surface area contributed by atoms with Crippen LogP contribution in [0.3, 0.4) is 0 Å². The first kappa shape index (κ1) is 43.5. The minimum atomic E-state index is -1.22. The van der Waals surface area contributed by atoms with Gasteiger partial charge < -0.3 is 30.5 Å². The van der Waals surface area contributed by atoms with Crippen LogP contribution in [0.15, 0.2) is 0 Å². The monoisotopic (exact) mass is 721 g/mol. The van der Waals surface area contributed by atoms with Gasteiger partial charge in [-0.1, -0.05) is 73.1 Å². The Kier molecular flexibility index (Phi) is 18.4. The van der Waals surface area contributed by atoms with E-state index >= 15 is 0 Å². The van der Waals surface area contributed by atoms with Gasteiger partial charge in [-0.2, -0.15) is 0 Å². The largest absolute Gasteiger partial charge is 0.480 e. The van der Waals surface area contributed by atoms with E-state index in [1.807, 2.05) is 13.8 Å². The summed E-state index contributed by atoms with van der Waals surface area (Å²) in [6.07, 6.45) is 4.21. The highest BCUT2D eigenvalue weighted by molar-refractivity contribution is 6.38. The summed E-state index contributed by atoms with van der Waals surface area (Å²) < 4.78 is 10.8. The number of likely N-dealkylation sites (tertiary alicyclic amines) is 1. The van der Waals surface area contributed by atoms with E-state index in [0.29, 0.717) is 12.8 Å². The van der Waals surface area contributed by atoms with Crippen LogP contribution in [0, 0.1) is 29.6 Å². The van der Waals surface area contributed by atoms with Crippen molar-refractivity contribution in [2.45, 2.75) is 136 Å². The van der Waals surface area contributed by atoms with Crippen LogP contribution in [0.5, 0.6) is 0 Å². The maximum Gasteiger partial charge on any atom is 0.329 e. The van der Waals surface area contributed by atoms with Crippen molar-refractivity contribution in [3.63, 3.8) is 0 Å². The van der Waals surface area contributed by atoms with Gasteiger partial charge in [-0.25, -0.2) is 4.79 Å². The lowest BCUT2D eigenvalue weighted by Gasteiger charge is -2.30. The summed E-state index contributed by atoms with van der Waals surface area (Å²) in [4.78, 5) is 104. The molecule has 1 heterocycles. The normalized spacial score (nSPS) is 19.7. The zero-order valence-electron chi connectivity index (χ0n) is 31.0. The van der Waals surface area contributed by atoms with Gasteiger partial charge in [0.2, 0.25) is 23.5 Å². The summed E-state index contributed by atoms with van der Waals surface area (Å²) in [5.74, 6) is -7.31. The maximum absolute atomic E-state index is 13.9. The van der Waals surface area contributed by atoms with Crippen LogP contribution in [0.4, 0.5) is 0 Å². The van der Waals surface area contributed by atoms with Gasteiger partial charge in [0.1, 0.15) is 12.6 Å². The van der Waals surface area contributed by atoms with Crippen LogP contribution in [0.25, 0.3) is 0 Å². The lowest BCUT2D eigenvalue weighted by molar-refractivity contribution is -0.152. The number of nitrogens with one attached hydrogen (secondary N) is 1. The molecule has 0 bridgehead atoms. The number of amides is 3. The Hall–Kier alpha value is -3.68. The lowest BCUT2D eigenvalue weighted by atomic mass is 9.84. The zero-order chi connectivity index (χ0) is 38.2. The van der Waals surface area contributed by atoms with Gasteiger partial charge in [0.25, 0.3) is 0 Å². The Bertz CT molecular complexity index is 1240. The number of aliphatic carboxylic acids is 1. The minimum absolute atomic E-state index is 0.0104. The van der Waals surface area contributed by atoms with Crippen LogP contribution in [0.1, 0.15) is 118 Å². The van der Waals surface area contributed by atoms with Gasteiger partial charge in [-0.15, -0.1) is 0 Å². The Balaban J connectivity index is 2.12. The number of nitrogens with two attached hydrogens (primary N) is 1. The van der Waals surface area contributed by atoms with Crippen LogP contribution >= 0.6 is 0 Å². The van der Waals surface area contributed by atoms with Crippen molar-refractivity contribution in [2.75, 3.05) is 19.8 Å². The molecule has 3 amide bonds. The second-order valence-electron chi connectivity index (χ2n) is 14.9. The van der Waals surface area contributed by atoms with Crippen LogP contribution in [-0.2, 0) is 47.8 Å². The maximum atomic E-state index is 13.9. The van der Waals surface area contributed by atoms with E-state index in [0.717, 1.165) is 32.1 Å². The molecular weight excluding hydrogens is 662 g/mol. The number of Topliss-reactive ketones (excluding diaryl/α,β-unsaturated/α-hetero) is 3. The van der Waals surface area contributed by atoms with Crippen molar-refractivity contribution in [3.8, 4) is 0 Å². The van der Waals surface area contributed by atoms with Gasteiger partial charge in [-0.3, -0.25) is 33.6 Å². The Morgan fingerprint density at radius 1 is 0.941 bits per heavy atom. The van der Waals surface area contributed by atoms with E-state index in [1.165, 1.54) is 4.90 Å². The quantitative estimate of drug-likeness (QED) is 0.103. The van der Waals surface area contributed by atoms with Crippen molar-refractivity contribution >= 4 is 47.0 Å². The van der Waals surface area contributed by atoms with Crippen molar-refractivity contribution in [3.05, 3.63) is 0 Å². The van der Waals surface area contributed by atoms with Crippen LogP contribution in [0.2, 0.25) is 0 Å². The Morgan fingerprint density at radius 3 is 2.18 bits per heavy atom. The van der Waals surface area contributed by atoms with Gasteiger partial charge >= 0.3 is 11.9 Å². The summed E-state index contributed by atoms with van der Waals surface area (Å²) in [5.41, 5.74) is 5.53. The molecule has 2 fully saturated rings. The summed E-state index contributed by atoms with van der Waals surface area (Å²) in [6.45, 7) is 8.59. The SMILES string of the molecule is CCCC(CC(=O)[C@@H]1C[C@@H](OCC(=O)O)CN1C(=O)C(CC(=O)OCC(C)C)C(C)C)C(=O)C(=O)CCC(=O)NC(CC1CCCCC1)C(N)=O. The molecule has 4 N–H and O–H groups in total. The molecule has 14 heteroatoms. The summed E-state index contributed by atoms with van der Waals surface area (Å²) in [7, 11) is 0. The smallest absolute Gasteiger partial charge is 0.329 e. The Morgan fingerprint density at radius 2 is 1.61 bits per heavy atom. The summed E-state index contributed by atoms with van der Waals surface area (Å²) in [6, 6.07) is -1.93. The molecule has 2 rings (SSSR count). The second kappa shape index (κ2) is 21.6. The summed E-state index contributed by atoms with van der Waals surface area (Å²) >= 11 is 0. The number of ether oxygens (including phenoxy) is 2. The van der Waals surface area contributed by atoms with Crippen molar-refractivity contribution in [2.24, 2.45) is 35.3 Å². The molecule has 0 spiro atoms. The molecule has 5 atom stereocenters. The molecule has 288 valence electrons. The first-order chi connectivity index (χ1) is 24.0. The summed E-state index contributed by atoms with van der Waals surface area (Å²) in [5, 5.41) is 11.8. The van der Waals surface area contributed by atoms with Gasteiger partial charge in [0.15, 0.2) is 11.6 Å². The first-order valence-corrected chi connectivity index (χ1v) is 18.5. The molecule has 0 aromatic carbocycles. The molecule has 1 aliphatic carbocycles. The average molecular weight is 722 g/mol. The van der Waals surface area contributed by atoms with E-state index in [4.69, 9.17) is 20.3 Å². The highest BCUT2D eigenvalue weighted by atomic mass is 16.5. The molecule has 1 saturated heterocycles. The number of carboxylic acid groups (broad SMARTS) is 1. The fourth-order valence-corrected chi connectivity index (χ4v) is 6.88. The standard InChI is InChI=1S/C37H59N3O11/c1-6-10-25(35(47)30(41)13-14-32(43)39-28(36(38)48)15-24-11-8-7-9-12-24)16-31(42)29-17-26(50-21-33(44)45)19-40(29)37(49)27(23(4)5)18-34(46)51-20-22(2)3/h22-29H,6-21H2,1-5H3,(H2,38,48)(H,39,43)(H,44,45)/t25?,26-,27?,28?,29+/m1/s1. The number of hydrogen-bond acceptors (Lipinski definition) is 10. The Labute approximate surface area is 301 Å². The molecule has 51 heavy (non-hydrogen) atoms.